The molecule has 0 amide bonds. The number of halogens is 1. The van der Waals surface area contributed by atoms with Gasteiger partial charge in [0.25, 0.3) is 0 Å². The summed E-state index contributed by atoms with van der Waals surface area (Å²) in [6.07, 6.45) is 9.85. The number of guanidine groups is 1. The average Bonchev–Trinajstić information content (AvgIpc) is 3.03. The van der Waals surface area contributed by atoms with E-state index in [9.17, 15) is 0 Å². The molecular weight excluding hydrogens is 405 g/mol. The Morgan fingerprint density at radius 3 is 2.74 bits per heavy atom. The molecule has 1 atom stereocenters. The third kappa shape index (κ3) is 14.0. The molecule has 1 unspecified atom stereocenters. The minimum Gasteiger partial charge on any atom is -0.381 e. The molecule has 5 nitrogen and oxygen atoms in total. The smallest absolute Gasteiger partial charge is 0.188 e. The first-order valence-corrected chi connectivity index (χ1v) is 9.02. The molecule has 3 N–H and O–H groups in total. The molecule has 1 rings (SSSR count). The highest BCUT2D eigenvalue weighted by molar-refractivity contribution is 14.0. The lowest BCUT2D eigenvalue weighted by Crippen LogP contribution is -2.32. The first kappa shape index (κ1) is 22.9. The van der Waals surface area contributed by atoms with Crippen molar-refractivity contribution in [1.29, 1.82) is 0 Å². The fourth-order valence-corrected chi connectivity index (χ4v) is 2.51. The largest absolute Gasteiger partial charge is 0.381 e. The van der Waals surface area contributed by atoms with Crippen molar-refractivity contribution < 1.29 is 9.47 Å². The van der Waals surface area contributed by atoms with Crippen LogP contribution in [0.3, 0.4) is 0 Å². The van der Waals surface area contributed by atoms with Crippen LogP contribution in [0, 0.1) is 5.92 Å². The number of hydrogen-bond acceptors (Lipinski definition) is 3. The number of aliphatic imine (C=N–C) groups is 1. The van der Waals surface area contributed by atoms with E-state index < -0.39 is 0 Å². The number of nitrogens with one attached hydrogen (secondary N) is 1. The lowest BCUT2D eigenvalue weighted by atomic mass is 10.1. The SMILES string of the molecule is CCCCCCCCNC(N)=NCCCOCC1CCOC1.I. The summed E-state index contributed by atoms with van der Waals surface area (Å²) >= 11 is 0. The summed E-state index contributed by atoms with van der Waals surface area (Å²) < 4.78 is 10.9. The van der Waals surface area contributed by atoms with Crippen LogP contribution in [0.25, 0.3) is 0 Å². The summed E-state index contributed by atoms with van der Waals surface area (Å²) in [5.74, 6) is 1.16. The van der Waals surface area contributed by atoms with Crippen LogP contribution in [0.5, 0.6) is 0 Å². The minimum absolute atomic E-state index is 0. The van der Waals surface area contributed by atoms with Crippen molar-refractivity contribution in [2.45, 2.75) is 58.3 Å². The van der Waals surface area contributed by atoms with Crippen molar-refractivity contribution in [3.8, 4) is 0 Å². The van der Waals surface area contributed by atoms with Gasteiger partial charge in [-0.25, -0.2) is 0 Å². The molecule has 0 aromatic rings. The van der Waals surface area contributed by atoms with Gasteiger partial charge in [0, 0.05) is 32.2 Å². The molecule has 1 heterocycles. The molecule has 0 bridgehead atoms. The van der Waals surface area contributed by atoms with E-state index in [1.165, 1.54) is 38.5 Å². The zero-order valence-corrected chi connectivity index (χ0v) is 17.1. The standard InChI is InChI=1S/C17H35N3O2.HI/c1-2-3-4-5-6-7-10-19-17(18)20-11-8-12-21-14-16-9-13-22-15-16;/h16H,2-15H2,1H3,(H3,18,19,20);1H. The van der Waals surface area contributed by atoms with Crippen molar-refractivity contribution in [3.63, 3.8) is 0 Å². The van der Waals surface area contributed by atoms with E-state index in [1.54, 1.807) is 0 Å². The van der Waals surface area contributed by atoms with Gasteiger partial charge in [0.05, 0.1) is 13.2 Å². The summed E-state index contributed by atoms with van der Waals surface area (Å²) in [6, 6.07) is 0. The highest BCUT2D eigenvalue weighted by Gasteiger charge is 2.14. The molecule has 1 saturated heterocycles. The van der Waals surface area contributed by atoms with Gasteiger partial charge < -0.3 is 20.5 Å². The van der Waals surface area contributed by atoms with Crippen LogP contribution in [0.15, 0.2) is 4.99 Å². The highest BCUT2D eigenvalue weighted by atomic mass is 127. The van der Waals surface area contributed by atoms with Crippen molar-refractivity contribution in [3.05, 3.63) is 0 Å². The van der Waals surface area contributed by atoms with Crippen LogP contribution in [0.4, 0.5) is 0 Å². The van der Waals surface area contributed by atoms with Crippen LogP contribution in [0.1, 0.15) is 58.3 Å². The second-order valence-corrected chi connectivity index (χ2v) is 6.12. The van der Waals surface area contributed by atoms with Crippen molar-refractivity contribution >= 4 is 29.9 Å². The highest BCUT2D eigenvalue weighted by Crippen LogP contribution is 2.12. The lowest BCUT2D eigenvalue weighted by Gasteiger charge is -2.08. The monoisotopic (exact) mass is 441 g/mol. The molecule has 0 aromatic carbocycles. The average molecular weight is 441 g/mol. The molecular formula is C17H36IN3O2. The lowest BCUT2D eigenvalue weighted by molar-refractivity contribution is 0.0893. The topological polar surface area (TPSA) is 68.9 Å². The summed E-state index contributed by atoms with van der Waals surface area (Å²) in [5, 5.41) is 3.18. The van der Waals surface area contributed by atoms with Crippen LogP contribution in [-0.2, 0) is 9.47 Å². The molecule has 23 heavy (non-hydrogen) atoms. The van der Waals surface area contributed by atoms with E-state index >= 15 is 0 Å². The van der Waals surface area contributed by atoms with Gasteiger partial charge in [-0.3, -0.25) is 4.99 Å². The number of nitrogens with two attached hydrogens (primary N) is 1. The molecule has 138 valence electrons. The number of hydrogen-bond donors (Lipinski definition) is 2. The van der Waals surface area contributed by atoms with Gasteiger partial charge in [-0.1, -0.05) is 39.0 Å². The van der Waals surface area contributed by atoms with Crippen LogP contribution in [0.2, 0.25) is 0 Å². The van der Waals surface area contributed by atoms with Crippen LogP contribution < -0.4 is 11.1 Å². The number of rotatable bonds is 13. The molecule has 1 aliphatic rings. The van der Waals surface area contributed by atoms with Gasteiger partial charge in [0.2, 0.25) is 0 Å². The Kier molecular flexibility index (Phi) is 16.7. The van der Waals surface area contributed by atoms with E-state index in [0.717, 1.165) is 52.4 Å². The zero-order chi connectivity index (χ0) is 15.9. The van der Waals surface area contributed by atoms with Crippen LogP contribution >= 0.6 is 24.0 Å². The molecule has 6 heteroatoms. The molecule has 0 radical (unpaired) electrons. The Balaban J connectivity index is 0.00000484. The number of nitrogens with zero attached hydrogens (tertiary/aromatic N) is 1. The van der Waals surface area contributed by atoms with E-state index in [2.05, 4.69) is 17.2 Å². The third-order valence-corrected chi connectivity index (χ3v) is 3.94. The number of ether oxygens (including phenoxy) is 2. The van der Waals surface area contributed by atoms with Crippen LogP contribution in [-0.4, -0.2) is 45.5 Å². The number of unbranched alkanes of at least 4 members (excludes halogenated alkanes) is 5. The maximum Gasteiger partial charge on any atom is 0.188 e. The van der Waals surface area contributed by atoms with Crippen molar-refractivity contribution in [2.75, 3.05) is 39.5 Å². The van der Waals surface area contributed by atoms with E-state index in [4.69, 9.17) is 15.2 Å². The van der Waals surface area contributed by atoms with Gasteiger partial charge in [-0.05, 0) is 19.3 Å². The van der Waals surface area contributed by atoms with Gasteiger partial charge >= 0.3 is 0 Å². The van der Waals surface area contributed by atoms with Gasteiger partial charge in [-0.15, -0.1) is 24.0 Å². The van der Waals surface area contributed by atoms with Gasteiger partial charge in [0.1, 0.15) is 0 Å². The Morgan fingerprint density at radius 2 is 2.00 bits per heavy atom. The Labute approximate surface area is 159 Å². The summed E-state index contributed by atoms with van der Waals surface area (Å²) in [4.78, 5) is 4.32. The second kappa shape index (κ2) is 16.8. The van der Waals surface area contributed by atoms with Crippen molar-refractivity contribution in [1.82, 2.24) is 5.32 Å². The van der Waals surface area contributed by atoms with E-state index in [0.29, 0.717) is 11.9 Å². The maximum absolute atomic E-state index is 5.83. The maximum atomic E-state index is 5.83. The molecule has 0 saturated carbocycles. The Bertz CT molecular complexity index is 285. The molecule has 1 aliphatic heterocycles. The predicted octanol–water partition coefficient (Wildman–Crippen LogP) is 3.31. The fraction of sp³-hybridized carbons (Fsp3) is 0.941. The van der Waals surface area contributed by atoms with Gasteiger partial charge in [0.15, 0.2) is 5.96 Å². The Hall–Kier alpha value is -0.0800. The molecule has 0 spiro atoms. The fourth-order valence-electron chi connectivity index (χ4n) is 2.51. The first-order valence-electron chi connectivity index (χ1n) is 9.02. The summed E-state index contributed by atoms with van der Waals surface area (Å²) in [5.41, 5.74) is 5.83. The van der Waals surface area contributed by atoms with E-state index in [-0.39, 0.29) is 24.0 Å². The van der Waals surface area contributed by atoms with Gasteiger partial charge in [-0.2, -0.15) is 0 Å². The summed E-state index contributed by atoms with van der Waals surface area (Å²) in [7, 11) is 0. The second-order valence-electron chi connectivity index (χ2n) is 6.12. The minimum atomic E-state index is 0. The predicted molar refractivity (Wildman–Crippen MR) is 108 cm³/mol. The molecule has 1 fully saturated rings. The first-order chi connectivity index (χ1) is 10.8. The summed E-state index contributed by atoms with van der Waals surface area (Å²) in [6.45, 7) is 7.22. The van der Waals surface area contributed by atoms with Crippen molar-refractivity contribution in [2.24, 2.45) is 16.6 Å². The van der Waals surface area contributed by atoms with E-state index in [1.807, 2.05) is 0 Å². The third-order valence-electron chi connectivity index (χ3n) is 3.94. The molecule has 0 aliphatic carbocycles. The molecule has 0 aromatic heterocycles. The normalized spacial score (nSPS) is 18.0. The Morgan fingerprint density at radius 1 is 1.22 bits per heavy atom. The quantitative estimate of drug-likeness (QED) is 0.199. The zero-order valence-electron chi connectivity index (χ0n) is 14.7.